The van der Waals surface area contributed by atoms with E-state index in [1.807, 2.05) is 32.0 Å². The maximum Gasteiger partial charge on any atom is 0.311 e. The third-order valence-corrected chi connectivity index (χ3v) is 3.79. The van der Waals surface area contributed by atoms with Gasteiger partial charge in [0.15, 0.2) is 10.9 Å². The average molecular weight is 359 g/mol. The molecule has 130 valence electrons. The molecule has 0 fully saturated rings. The van der Waals surface area contributed by atoms with Crippen LogP contribution in [0.5, 0.6) is 5.75 Å². The average Bonchev–Trinajstić information content (AvgIpc) is 2.57. The lowest BCUT2D eigenvalue weighted by molar-refractivity contribution is -0.385. The van der Waals surface area contributed by atoms with E-state index in [9.17, 15) is 14.9 Å². The highest BCUT2D eigenvalue weighted by Crippen LogP contribution is 2.27. The fraction of sp³-hybridized carbons (Fsp3) is 0.176. The molecule has 1 amide bonds. The Morgan fingerprint density at radius 2 is 1.84 bits per heavy atom. The van der Waals surface area contributed by atoms with Gasteiger partial charge in [0.2, 0.25) is 0 Å². The molecule has 0 aliphatic carbocycles. The highest BCUT2D eigenvalue weighted by molar-refractivity contribution is 7.80. The van der Waals surface area contributed by atoms with Crippen molar-refractivity contribution in [2.45, 2.75) is 13.8 Å². The number of carbonyl (C=O) groups is 1. The number of amides is 1. The molecule has 2 rings (SSSR count). The van der Waals surface area contributed by atoms with Gasteiger partial charge in [-0.05, 0) is 49.3 Å². The molecule has 2 aromatic rings. The molecule has 8 heteroatoms. The third kappa shape index (κ3) is 4.30. The van der Waals surface area contributed by atoms with Gasteiger partial charge < -0.3 is 10.1 Å². The predicted molar refractivity (Wildman–Crippen MR) is 99.3 cm³/mol. The Morgan fingerprint density at radius 3 is 2.40 bits per heavy atom. The maximum atomic E-state index is 12.3. The molecular weight excluding hydrogens is 342 g/mol. The number of para-hydroxylation sites is 1. The molecule has 0 saturated heterocycles. The molecule has 25 heavy (non-hydrogen) atoms. The molecule has 0 aromatic heterocycles. The number of nitro groups is 1. The number of benzene rings is 2. The molecule has 0 aliphatic rings. The molecule has 7 nitrogen and oxygen atoms in total. The zero-order chi connectivity index (χ0) is 18.6. The smallest absolute Gasteiger partial charge is 0.311 e. The second-order valence-corrected chi connectivity index (χ2v) is 5.73. The molecule has 0 saturated carbocycles. The van der Waals surface area contributed by atoms with E-state index in [1.165, 1.54) is 19.2 Å². The first-order valence-corrected chi connectivity index (χ1v) is 7.75. The monoisotopic (exact) mass is 359 g/mol. The normalized spacial score (nSPS) is 10.0. The molecule has 0 heterocycles. The van der Waals surface area contributed by atoms with E-state index < -0.39 is 10.8 Å². The Morgan fingerprint density at radius 1 is 1.20 bits per heavy atom. The minimum atomic E-state index is -0.608. The summed E-state index contributed by atoms with van der Waals surface area (Å²) in [6.07, 6.45) is 0. The van der Waals surface area contributed by atoms with Crippen molar-refractivity contribution in [3.05, 3.63) is 63.2 Å². The van der Waals surface area contributed by atoms with Crippen LogP contribution in [0.15, 0.2) is 36.4 Å². The fourth-order valence-electron chi connectivity index (χ4n) is 2.31. The number of hydrogen-bond donors (Lipinski definition) is 2. The molecule has 2 aromatic carbocycles. The van der Waals surface area contributed by atoms with Gasteiger partial charge in [0, 0.05) is 17.3 Å². The summed E-state index contributed by atoms with van der Waals surface area (Å²) >= 11 is 5.16. The van der Waals surface area contributed by atoms with E-state index in [-0.39, 0.29) is 22.1 Å². The van der Waals surface area contributed by atoms with Gasteiger partial charge in [-0.2, -0.15) is 0 Å². The number of nitrogens with one attached hydrogen (secondary N) is 2. The van der Waals surface area contributed by atoms with Gasteiger partial charge in [-0.25, -0.2) is 0 Å². The highest BCUT2D eigenvalue weighted by Gasteiger charge is 2.19. The summed E-state index contributed by atoms with van der Waals surface area (Å²) in [6, 6.07) is 9.72. The van der Waals surface area contributed by atoms with Crippen LogP contribution in [0.25, 0.3) is 0 Å². The van der Waals surface area contributed by atoms with E-state index in [1.54, 1.807) is 0 Å². The van der Waals surface area contributed by atoms with Crippen LogP contribution in [0.3, 0.4) is 0 Å². The summed E-state index contributed by atoms with van der Waals surface area (Å²) in [4.78, 5) is 22.7. The Bertz CT molecular complexity index is 832. The molecule has 0 aliphatic heterocycles. The summed E-state index contributed by atoms with van der Waals surface area (Å²) in [5, 5.41) is 16.7. The van der Waals surface area contributed by atoms with Crippen molar-refractivity contribution in [2.75, 3.05) is 12.4 Å². The van der Waals surface area contributed by atoms with Gasteiger partial charge in [-0.15, -0.1) is 0 Å². The van der Waals surface area contributed by atoms with Crippen LogP contribution in [-0.4, -0.2) is 23.1 Å². The number of nitro benzene ring substituents is 1. The zero-order valence-corrected chi connectivity index (χ0v) is 14.8. The van der Waals surface area contributed by atoms with Crippen LogP contribution in [0.1, 0.15) is 21.5 Å². The summed E-state index contributed by atoms with van der Waals surface area (Å²) in [6.45, 7) is 3.85. The lowest BCUT2D eigenvalue weighted by Crippen LogP contribution is -2.34. The van der Waals surface area contributed by atoms with E-state index in [4.69, 9.17) is 17.0 Å². The first-order valence-electron chi connectivity index (χ1n) is 7.34. The van der Waals surface area contributed by atoms with Crippen molar-refractivity contribution < 1.29 is 14.5 Å². The molecule has 0 radical (unpaired) electrons. The topological polar surface area (TPSA) is 93.5 Å². The van der Waals surface area contributed by atoms with E-state index in [0.29, 0.717) is 0 Å². The van der Waals surface area contributed by atoms with Crippen LogP contribution in [0.4, 0.5) is 11.4 Å². The van der Waals surface area contributed by atoms with Crippen LogP contribution in [0, 0.1) is 24.0 Å². The maximum absolute atomic E-state index is 12.3. The van der Waals surface area contributed by atoms with Gasteiger partial charge in [0.1, 0.15) is 0 Å². The first kappa shape index (κ1) is 18.3. The standard InChI is InChI=1S/C17H17N3O4S/c1-10-5-4-6-11(2)15(10)18-17(25)19-16(21)12-7-8-14(24-3)13(9-12)20(22)23/h4-9H,1-3H3,(H2,18,19,21,25). The molecule has 2 N–H and O–H groups in total. The molecule has 0 spiro atoms. The number of ether oxygens (including phenoxy) is 1. The first-order chi connectivity index (χ1) is 11.8. The summed E-state index contributed by atoms with van der Waals surface area (Å²) in [7, 11) is 1.33. The molecular formula is C17H17N3O4S. The Hall–Kier alpha value is -3.00. The number of rotatable bonds is 4. The Labute approximate surface area is 150 Å². The summed E-state index contributed by atoms with van der Waals surface area (Å²) < 4.78 is 4.92. The van der Waals surface area contributed by atoms with Gasteiger partial charge in [0.05, 0.1) is 12.0 Å². The number of aryl methyl sites for hydroxylation is 2. The lowest BCUT2D eigenvalue weighted by atomic mass is 10.1. The predicted octanol–water partition coefficient (Wildman–Crippen LogP) is 3.35. The summed E-state index contributed by atoms with van der Waals surface area (Å²) in [5.74, 6) is -0.465. The Kier molecular flexibility index (Phi) is 5.66. The lowest BCUT2D eigenvalue weighted by Gasteiger charge is -2.14. The van der Waals surface area contributed by atoms with Crippen molar-refractivity contribution >= 4 is 34.6 Å². The second-order valence-electron chi connectivity index (χ2n) is 5.32. The van der Waals surface area contributed by atoms with E-state index >= 15 is 0 Å². The van der Waals surface area contributed by atoms with Crippen LogP contribution >= 0.6 is 12.2 Å². The third-order valence-electron chi connectivity index (χ3n) is 3.58. The van der Waals surface area contributed by atoms with Crippen LogP contribution < -0.4 is 15.4 Å². The van der Waals surface area contributed by atoms with Crippen molar-refractivity contribution in [2.24, 2.45) is 0 Å². The molecule has 0 atom stereocenters. The van der Waals surface area contributed by atoms with Crippen LogP contribution in [0.2, 0.25) is 0 Å². The minimum absolute atomic E-state index is 0.0813. The van der Waals surface area contributed by atoms with Crippen molar-refractivity contribution in [3.8, 4) is 5.75 Å². The second kappa shape index (κ2) is 7.71. The van der Waals surface area contributed by atoms with Gasteiger partial charge >= 0.3 is 5.69 Å². The molecule has 0 bridgehead atoms. The van der Waals surface area contributed by atoms with Crippen molar-refractivity contribution in [1.82, 2.24) is 5.32 Å². The fourth-order valence-corrected chi connectivity index (χ4v) is 2.50. The van der Waals surface area contributed by atoms with Gasteiger partial charge in [-0.3, -0.25) is 20.2 Å². The SMILES string of the molecule is COc1ccc(C(=O)NC(=S)Nc2c(C)cccc2C)cc1[N+](=O)[O-]. The van der Waals surface area contributed by atoms with Gasteiger partial charge in [0.25, 0.3) is 5.91 Å². The number of anilines is 1. The Balaban J connectivity index is 2.15. The highest BCUT2D eigenvalue weighted by atomic mass is 32.1. The quantitative estimate of drug-likeness (QED) is 0.494. The van der Waals surface area contributed by atoms with Gasteiger partial charge in [-0.1, -0.05) is 18.2 Å². The summed E-state index contributed by atoms with van der Waals surface area (Å²) in [5.41, 5.74) is 2.60. The van der Waals surface area contributed by atoms with Crippen LogP contribution in [-0.2, 0) is 0 Å². The minimum Gasteiger partial charge on any atom is -0.490 e. The number of methoxy groups -OCH3 is 1. The molecule has 0 unspecified atom stereocenters. The van der Waals surface area contributed by atoms with Crippen molar-refractivity contribution in [3.63, 3.8) is 0 Å². The van der Waals surface area contributed by atoms with E-state index in [0.717, 1.165) is 22.9 Å². The number of hydrogen-bond acceptors (Lipinski definition) is 5. The number of carbonyl (C=O) groups excluding carboxylic acids is 1. The van der Waals surface area contributed by atoms with Crippen molar-refractivity contribution in [1.29, 1.82) is 0 Å². The number of thiocarbonyl (C=S) groups is 1. The largest absolute Gasteiger partial charge is 0.490 e. The number of nitrogens with zero attached hydrogens (tertiary/aromatic N) is 1. The zero-order valence-electron chi connectivity index (χ0n) is 14.0. The van der Waals surface area contributed by atoms with E-state index in [2.05, 4.69) is 10.6 Å².